The van der Waals surface area contributed by atoms with E-state index in [9.17, 15) is 4.79 Å². The van der Waals surface area contributed by atoms with Gasteiger partial charge < -0.3 is 15.2 Å². The molecule has 0 bridgehead atoms. The Kier molecular flexibility index (Phi) is 7.10. The third-order valence-electron chi connectivity index (χ3n) is 3.91. The highest BCUT2D eigenvalue weighted by Gasteiger charge is 2.14. The van der Waals surface area contributed by atoms with Gasteiger partial charge in [0.2, 0.25) is 0 Å². The van der Waals surface area contributed by atoms with Crippen LogP contribution in [-0.4, -0.2) is 19.1 Å². The molecule has 5 heteroatoms. The first-order valence-electron chi connectivity index (χ1n) is 8.48. The molecule has 0 saturated carbocycles. The van der Waals surface area contributed by atoms with Crippen LogP contribution in [0.4, 0.5) is 0 Å². The van der Waals surface area contributed by atoms with Crippen LogP contribution in [0.1, 0.15) is 33.5 Å². The molecule has 0 fully saturated rings. The number of carbonyl (C=O) groups excluding carboxylic acids is 1. The van der Waals surface area contributed by atoms with Crippen molar-refractivity contribution in [1.29, 1.82) is 0 Å². The Morgan fingerprint density at radius 2 is 1.88 bits per heavy atom. The lowest BCUT2D eigenvalue weighted by atomic mass is 10.0. The summed E-state index contributed by atoms with van der Waals surface area (Å²) in [6.45, 7) is 8.48. The number of hydrogen-bond donors (Lipinski definition) is 1. The maximum Gasteiger partial charge on any atom is 0.252 e. The van der Waals surface area contributed by atoms with Crippen LogP contribution in [-0.2, 0) is 6.42 Å². The topological polar surface area (TPSA) is 61.6 Å². The summed E-state index contributed by atoms with van der Waals surface area (Å²) < 4.78 is 11.5. The van der Waals surface area contributed by atoms with Crippen LogP contribution in [0.25, 0.3) is 0 Å². The minimum absolute atomic E-state index is 0.399. The number of carbonyl (C=O) groups is 1. The van der Waals surface area contributed by atoms with Crippen LogP contribution < -0.4 is 15.2 Å². The van der Waals surface area contributed by atoms with E-state index in [-0.39, 0.29) is 0 Å². The Labute approximate surface area is 159 Å². The maximum atomic E-state index is 11.7. The lowest BCUT2D eigenvalue weighted by molar-refractivity contribution is 0.0996. The van der Waals surface area contributed by atoms with E-state index in [0.29, 0.717) is 37.4 Å². The number of amides is 1. The van der Waals surface area contributed by atoms with Crippen molar-refractivity contribution in [3.63, 3.8) is 0 Å². The first-order chi connectivity index (χ1) is 12.4. The Morgan fingerprint density at radius 3 is 2.54 bits per heavy atom. The van der Waals surface area contributed by atoms with Gasteiger partial charge in [0.1, 0.15) is 11.5 Å². The number of aryl methyl sites for hydroxylation is 2. The molecular formula is C21H24ClNO3. The quantitative estimate of drug-likeness (QED) is 0.514. The lowest BCUT2D eigenvalue weighted by Gasteiger charge is -2.14. The molecule has 4 nitrogen and oxygen atoms in total. The second-order valence-electron chi connectivity index (χ2n) is 6.11. The Bertz CT molecular complexity index is 802. The van der Waals surface area contributed by atoms with Gasteiger partial charge in [0.15, 0.2) is 0 Å². The standard InChI is InChI=1S/C21H24ClNO3/c1-4-6-16-11-15(3)20(18(13-16)21(23)24)26-10-5-9-25-17-7-8-19(22)14(2)12-17/h4,7-8,11-13H,1,5-6,9-10H2,2-3H3,(H2,23,24). The van der Waals surface area contributed by atoms with Crippen molar-refractivity contribution in [2.45, 2.75) is 26.7 Å². The zero-order chi connectivity index (χ0) is 19.1. The molecule has 0 aliphatic heterocycles. The van der Waals surface area contributed by atoms with E-state index in [2.05, 4.69) is 6.58 Å². The molecule has 0 unspecified atom stereocenters. The zero-order valence-corrected chi connectivity index (χ0v) is 15.9. The highest BCUT2D eigenvalue weighted by Crippen LogP contribution is 2.26. The third kappa shape index (κ3) is 5.27. The molecule has 0 aromatic heterocycles. The van der Waals surface area contributed by atoms with Crippen molar-refractivity contribution < 1.29 is 14.3 Å². The van der Waals surface area contributed by atoms with Gasteiger partial charge in [-0.25, -0.2) is 0 Å². The molecule has 0 aliphatic rings. The van der Waals surface area contributed by atoms with Gasteiger partial charge in [-0.2, -0.15) is 0 Å². The van der Waals surface area contributed by atoms with Crippen molar-refractivity contribution >= 4 is 17.5 Å². The molecular weight excluding hydrogens is 350 g/mol. The van der Waals surface area contributed by atoms with Gasteiger partial charge >= 0.3 is 0 Å². The van der Waals surface area contributed by atoms with E-state index >= 15 is 0 Å². The molecule has 26 heavy (non-hydrogen) atoms. The van der Waals surface area contributed by atoms with Gasteiger partial charge in [-0.1, -0.05) is 23.7 Å². The smallest absolute Gasteiger partial charge is 0.252 e. The molecule has 0 saturated heterocycles. The number of primary amides is 1. The van der Waals surface area contributed by atoms with Crippen molar-refractivity contribution in [2.75, 3.05) is 13.2 Å². The maximum absolute atomic E-state index is 11.7. The molecule has 0 spiro atoms. The molecule has 0 radical (unpaired) electrons. The van der Waals surface area contributed by atoms with Gasteiger partial charge in [-0.15, -0.1) is 6.58 Å². The average Bonchev–Trinajstić information content (AvgIpc) is 2.59. The first kappa shape index (κ1) is 19.9. The van der Waals surface area contributed by atoms with Crippen LogP contribution in [0.2, 0.25) is 5.02 Å². The van der Waals surface area contributed by atoms with E-state index in [0.717, 1.165) is 27.5 Å². The number of allylic oxidation sites excluding steroid dienone is 1. The summed E-state index contributed by atoms with van der Waals surface area (Å²) >= 11 is 6.00. The largest absolute Gasteiger partial charge is 0.493 e. The lowest BCUT2D eigenvalue weighted by Crippen LogP contribution is -2.15. The Hall–Kier alpha value is -2.46. The number of rotatable bonds is 9. The van der Waals surface area contributed by atoms with E-state index in [1.807, 2.05) is 38.1 Å². The van der Waals surface area contributed by atoms with Crippen LogP contribution in [0.3, 0.4) is 0 Å². The second kappa shape index (κ2) is 9.30. The van der Waals surface area contributed by atoms with Crippen LogP contribution in [0.5, 0.6) is 11.5 Å². The van der Waals surface area contributed by atoms with Gasteiger partial charge in [-0.05, 0) is 61.2 Å². The van der Waals surface area contributed by atoms with Crippen molar-refractivity contribution in [3.05, 3.63) is 70.3 Å². The number of hydrogen-bond acceptors (Lipinski definition) is 3. The predicted octanol–water partition coefficient (Wildman–Crippen LogP) is 4.63. The summed E-state index contributed by atoms with van der Waals surface area (Å²) in [5, 5.41) is 0.718. The molecule has 0 aliphatic carbocycles. The minimum atomic E-state index is -0.498. The van der Waals surface area contributed by atoms with Gasteiger partial charge in [0.25, 0.3) is 5.91 Å². The molecule has 2 aromatic rings. The summed E-state index contributed by atoms with van der Waals surface area (Å²) in [6.07, 6.45) is 3.14. The average molecular weight is 374 g/mol. The molecule has 2 rings (SSSR count). The number of benzene rings is 2. The predicted molar refractivity (Wildman–Crippen MR) is 105 cm³/mol. The van der Waals surface area contributed by atoms with Crippen molar-refractivity contribution in [1.82, 2.24) is 0 Å². The highest BCUT2D eigenvalue weighted by molar-refractivity contribution is 6.31. The van der Waals surface area contributed by atoms with Gasteiger partial charge in [0.05, 0.1) is 18.8 Å². The minimum Gasteiger partial charge on any atom is -0.493 e. The third-order valence-corrected chi connectivity index (χ3v) is 4.34. The molecule has 138 valence electrons. The van der Waals surface area contributed by atoms with Crippen LogP contribution >= 0.6 is 11.6 Å². The van der Waals surface area contributed by atoms with Gasteiger partial charge in [-0.3, -0.25) is 4.79 Å². The normalized spacial score (nSPS) is 10.4. The fraction of sp³-hybridized carbons (Fsp3) is 0.286. The summed E-state index contributed by atoms with van der Waals surface area (Å²) in [4.78, 5) is 11.7. The van der Waals surface area contributed by atoms with Crippen LogP contribution in [0, 0.1) is 13.8 Å². The molecule has 1 amide bonds. The fourth-order valence-corrected chi connectivity index (χ4v) is 2.76. The molecule has 2 aromatic carbocycles. The van der Waals surface area contributed by atoms with Gasteiger partial charge in [0, 0.05) is 11.4 Å². The number of halogens is 1. The molecule has 0 heterocycles. The highest BCUT2D eigenvalue weighted by atomic mass is 35.5. The SMILES string of the molecule is C=CCc1cc(C)c(OCCCOc2ccc(Cl)c(C)c2)c(C(N)=O)c1. The monoisotopic (exact) mass is 373 g/mol. The Balaban J connectivity index is 1.93. The molecule has 0 atom stereocenters. The summed E-state index contributed by atoms with van der Waals surface area (Å²) in [6, 6.07) is 9.30. The first-order valence-corrected chi connectivity index (χ1v) is 8.86. The van der Waals surface area contributed by atoms with Crippen molar-refractivity contribution in [3.8, 4) is 11.5 Å². The van der Waals surface area contributed by atoms with Crippen molar-refractivity contribution in [2.24, 2.45) is 5.73 Å². The summed E-state index contributed by atoms with van der Waals surface area (Å²) in [5.41, 5.74) is 8.74. The molecule has 2 N–H and O–H groups in total. The summed E-state index contributed by atoms with van der Waals surface area (Å²) in [5.74, 6) is 0.809. The van der Waals surface area contributed by atoms with E-state index in [1.54, 1.807) is 12.1 Å². The van der Waals surface area contributed by atoms with E-state index < -0.39 is 5.91 Å². The Morgan fingerprint density at radius 1 is 1.15 bits per heavy atom. The zero-order valence-electron chi connectivity index (χ0n) is 15.2. The van der Waals surface area contributed by atoms with E-state index in [4.69, 9.17) is 26.8 Å². The van der Waals surface area contributed by atoms with Crippen LogP contribution in [0.15, 0.2) is 43.0 Å². The number of ether oxygens (including phenoxy) is 2. The summed E-state index contributed by atoms with van der Waals surface area (Å²) in [7, 11) is 0. The fourth-order valence-electron chi connectivity index (χ4n) is 2.64. The van der Waals surface area contributed by atoms with E-state index in [1.165, 1.54) is 0 Å². The second-order valence-corrected chi connectivity index (χ2v) is 6.52. The number of nitrogens with two attached hydrogens (primary N) is 1.